The van der Waals surface area contributed by atoms with Crippen molar-refractivity contribution >= 4 is 16.8 Å². The number of carbonyl (C=O) groups excluding carboxylic acids is 1. The van der Waals surface area contributed by atoms with E-state index < -0.39 is 0 Å². The fraction of sp³-hybridized carbons (Fsp3) is 0.400. The summed E-state index contributed by atoms with van der Waals surface area (Å²) in [5.41, 5.74) is 1.85. The molecule has 0 fully saturated rings. The van der Waals surface area contributed by atoms with Gasteiger partial charge in [0.1, 0.15) is 5.58 Å². The summed E-state index contributed by atoms with van der Waals surface area (Å²) in [6, 6.07) is 7.72. The van der Waals surface area contributed by atoms with Crippen molar-refractivity contribution in [2.45, 2.75) is 33.2 Å². The smallest absolute Gasteiger partial charge is 0.211 e. The number of hydrogen-bond donors (Lipinski definition) is 1. The highest BCUT2D eigenvalue weighted by Gasteiger charge is 2.16. The van der Waals surface area contributed by atoms with E-state index in [2.05, 4.69) is 5.32 Å². The molecule has 1 heterocycles. The Labute approximate surface area is 107 Å². The Balaban J connectivity index is 2.18. The molecule has 0 unspecified atom stereocenters. The van der Waals surface area contributed by atoms with Crippen LogP contribution in [-0.4, -0.2) is 17.9 Å². The second kappa shape index (κ2) is 4.58. The van der Waals surface area contributed by atoms with Gasteiger partial charge in [0.25, 0.3) is 0 Å². The summed E-state index contributed by atoms with van der Waals surface area (Å²) in [7, 11) is 0. The number of carbonyl (C=O) groups is 1. The summed E-state index contributed by atoms with van der Waals surface area (Å²) >= 11 is 0. The lowest BCUT2D eigenvalue weighted by molar-refractivity contribution is 0.0957. The molecule has 0 saturated heterocycles. The Kier molecular flexibility index (Phi) is 3.26. The minimum atomic E-state index is -0.0712. The van der Waals surface area contributed by atoms with Gasteiger partial charge in [0.15, 0.2) is 5.76 Å². The van der Waals surface area contributed by atoms with Gasteiger partial charge in [-0.3, -0.25) is 4.79 Å². The predicted octanol–water partition coefficient (Wildman–Crippen LogP) is 3.31. The van der Waals surface area contributed by atoms with E-state index in [-0.39, 0.29) is 11.3 Å². The van der Waals surface area contributed by atoms with E-state index in [0.717, 1.165) is 16.5 Å². The van der Waals surface area contributed by atoms with E-state index >= 15 is 0 Å². The van der Waals surface area contributed by atoms with Gasteiger partial charge in [-0.1, -0.05) is 11.6 Å². The van der Waals surface area contributed by atoms with Crippen molar-refractivity contribution in [1.29, 1.82) is 0 Å². The van der Waals surface area contributed by atoms with Crippen molar-refractivity contribution in [2.75, 3.05) is 6.54 Å². The van der Waals surface area contributed by atoms with Crippen LogP contribution in [0.2, 0.25) is 0 Å². The summed E-state index contributed by atoms with van der Waals surface area (Å²) < 4.78 is 5.56. The largest absolute Gasteiger partial charge is 0.453 e. The first-order chi connectivity index (χ1) is 8.35. The van der Waals surface area contributed by atoms with Crippen molar-refractivity contribution in [1.82, 2.24) is 5.32 Å². The van der Waals surface area contributed by atoms with E-state index in [9.17, 15) is 4.79 Å². The van der Waals surface area contributed by atoms with Crippen LogP contribution in [0.3, 0.4) is 0 Å². The number of fused-ring (bicyclic) bond motifs is 1. The zero-order chi connectivity index (χ0) is 13.3. The van der Waals surface area contributed by atoms with Crippen LogP contribution < -0.4 is 5.32 Å². The van der Waals surface area contributed by atoms with Crippen LogP contribution in [0.1, 0.15) is 36.9 Å². The average Bonchev–Trinajstić information content (AvgIpc) is 2.67. The molecule has 0 spiro atoms. The van der Waals surface area contributed by atoms with Crippen LogP contribution in [0.5, 0.6) is 0 Å². The van der Waals surface area contributed by atoms with Gasteiger partial charge in [-0.05, 0) is 45.9 Å². The molecule has 0 bridgehead atoms. The Hall–Kier alpha value is -1.61. The number of aryl methyl sites for hydroxylation is 1. The molecule has 0 amide bonds. The third kappa shape index (κ3) is 2.99. The molecule has 0 aliphatic heterocycles. The molecule has 0 radical (unpaired) electrons. The van der Waals surface area contributed by atoms with Crippen molar-refractivity contribution in [2.24, 2.45) is 0 Å². The Bertz CT molecular complexity index is 576. The first kappa shape index (κ1) is 12.8. The highest BCUT2D eigenvalue weighted by Crippen LogP contribution is 2.20. The maximum absolute atomic E-state index is 12.0. The van der Waals surface area contributed by atoms with Gasteiger partial charge in [-0.2, -0.15) is 0 Å². The molecule has 0 aliphatic rings. The van der Waals surface area contributed by atoms with Crippen molar-refractivity contribution in [3.63, 3.8) is 0 Å². The fourth-order valence-corrected chi connectivity index (χ4v) is 1.73. The lowest BCUT2D eigenvalue weighted by atomic mass is 10.1. The minimum absolute atomic E-state index is 0.0150. The van der Waals surface area contributed by atoms with Crippen LogP contribution in [0.25, 0.3) is 11.0 Å². The summed E-state index contributed by atoms with van der Waals surface area (Å²) in [6.07, 6.45) is 0. The third-order valence-electron chi connectivity index (χ3n) is 2.73. The van der Waals surface area contributed by atoms with Gasteiger partial charge in [-0.15, -0.1) is 0 Å². The zero-order valence-corrected chi connectivity index (χ0v) is 11.3. The lowest BCUT2D eigenvalue weighted by Gasteiger charge is -2.19. The number of benzene rings is 1. The molecule has 18 heavy (non-hydrogen) atoms. The predicted molar refractivity (Wildman–Crippen MR) is 73.0 cm³/mol. The van der Waals surface area contributed by atoms with Gasteiger partial charge < -0.3 is 9.73 Å². The Morgan fingerprint density at radius 2 is 2.00 bits per heavy atom. The Morgan fingerprint density at radius 1 is 1.28 bits per heavy atom. The van der Waals surface area contributed by atoms with Crippen LogP contribution in [0, 0.1) is 6.92 Å². The lowest BCUT2D eigenvalue weighted by Crippen LogP contribution is -2.39. The Morgan fingerprint density at radius 3 is 2.67 bits per heavy atom. The average molecular weight is 245 g/mol. The summed E-state index contributed by atoms with van der Waals surface area (Å²) in [6.45, 7) is 8.41. The molecule has 1 aromatic heterocycles. The molecule has 3 heteroatoms. The number of rotatable bonds is 3. The maximum atomic E-state index is 12.0. The van der Waals surface area contributed by atoms with E-state index in [4.69, 9.17) is 4.42 Å². The molecule has 1 aromatic carbocycles. The van der Waals surface area contributed by atoms with Crippen molar-refractivity contribution in [3.05, 3.63) is 35.6 Å². The topological polar surface area (TPSA) is 42.2 Å². The highest BCUT2D eigenvalue weighted by molar-refractivity contribution is 5.98. The molecule has 3 nitrogen and oxygen atoms in total. The maximum Gasteiger partial charge on any atom is 0.211 e. The van der Waals surface area contributed by atoms with Crippen molar-refractivity contribution in [3.8, 4) is 0 Å². The fourth-order valence-electron chi connectivity index (χ4n) is 1.73. The highest BCUT2D eigenvalue weighted by atomic mass is 16.3. The monoisotopic (exact) mass is 245 g/mol. The first-order valence-corrected chi connectivity index (χ1v) is 6.13. The van der Waals surface area contributed by atoms with Gasteiger partial charge in [0, 0.05) is 10.9 Å². The van der Waals surface area contributed by atoms with Crippen LogP contribution >= 0.6 is 0 Å². The molecule has 96 valence electrons. The second-order valence-electron chi connectivity index (χ2n) is 5.68. The van der Waals surface area contributed by atoms with Gasteiger partial charge in [0.2, 0.25) is 5.78 Å². The molecule has 2 rings (SSSR count). The quantitative estimate of drug-likeness (QED) is 0.843. The standard InChI is InChI=1S/C15H19NO2/c1-10-5-6-13-11(7-10)8-14(18-13)12(17)9-16-15(2,3)4/h5-8,16H,9H2,1-4H3. The van der Waals surface area contributed by atoms with Gasteiger partial charge in [0.05, 0.1) is 6.54 Å². The van der Waals surface area contributed by atoms with Crippen LogP contribution in [0.15, 0.2) is 28.7 Å². The number of nitrogens with one attached hydrogen (secondary N) is 1. The number of Topliss-reactive ketones (excluding diaryl/α,β-unsaturated/α-hetero) is 1. The molecule has 0 atom stereocenters. The van der Waals surface area contributed by atoms with E-state index in [1.54, 1.807) is 0 Å². The minimum Gasteiger partial charge on any atom is -0.453 e. The summed E-state index contributed by atoms with van der Waals surface area (Å²) in [4.78, 5) is 12.0. The molecule has 2 aromatic rings. The number of furan rings is 1. The van der Waals surface area contributed by atoms with E-state index in [0.29, 0.717) is 12.3 Å². The summed E-state index contributed by atoms with van der Waals surface area (Å²) in [5.74, 6) is 0.408. The SMILES string of the molecule is Cc1ccc2oc(C(=O)CNC(C)(C)C)cc2c1. The molecule has 0 saturated carbocycles. The van der Waals surface area contributed by atoms with E-state index in [1.807, 2.05) is 52.0 Å². The van der Waals surface area contributed by atoms with Crippen molar-refractivity contribution < 1.29 is 9.21 Å². The molecular formula is C15H19NO2. The van der Waals surface area contributed by atoms with Gasteiger partial charge in [-0.25, -0.2) is 0 Å². The van der Waals surface area contributed by atoms with Crippen LogP contribution in [0.4, 0.5) is 0 Å². The molecule has 0 aliphatic carbocycles. The van der Waals surface area contributed by atoms with Crippen LogP contribution in [-0.2, 0) is 0 Å². The molecular weight excluding hydrogens is 226 g/mol. The first-order valence-electron chi connectivity index (χ1n) is 6.13. The normalized spacial score (nSPS) is 12.0. The number of hydrogen-bond acceptors (Lipinski definition) is 3. The molecule has 1 N–H and O–H groups in total. The third-order valence-corrected chi connectivity index (χ3v) is 2.73. The number of ketones is 1. The van der Waals surface area contributed by atoms with E-state index in [1.165, 1.54) is 0 Å². The zero-order valence-electron chi connectivity index (χ0n) is 11.3. The van der Waals surface area contributed by atoms with Gasteiger partial charge >= 0.3 is 0 Å². The second-order valence-corrected chi connectivity index (χ2v) is 5.68. The summed E-state index contributed by atoms with van der Waals surface area (Å²) in [5, 5.41) is 4.15.